The Hall–Kier alpha value is -2.08. The molecule has 1 heterocycles. The smallest absolute Gasteiger partial charge is 0.238 e. The van der Waals surface area contributed by atoms with E-state index >= 15 is 0 Å². The number of amides is 1. The van der Waals surface area contributed by atoms with Gasteiger partial charge < -0.3 is 15.0 Å². The van der Waals surface area contributed by atoms with Crippen molar-refractivity contribution in [2.75, 3.05) is 51.2 Å². The van der Waals surface area contributed by atoms with Gasteiger partial charge in [-0.2, -0.15) is 0 Å². The molecule has 0 atom stereocenters. The number of hydrogen-bond donors (Lipinski definition) is 1. The first-order chi connectivity index (χ1) is 14.0. The number of carbonyl (C=O) groups excluding carboxylic acids is 1. The van der Waals surface area contributed by atoms with E-state index in [1.807, 2.05) is 56.3 Å². The third-order valence-corrected chi connectivity index (χ3v) is 5.53. The van der Waals surface area contributed by atoms with Crippen molar-refractivity contribution in [2.24, 2.45) is 0 Å². The van der Waals surface area contributed by atoms with Crippen molar-refractivity contribution in [1.82, 2.24) is 9.80 Å². The molecule has 0 bridgehead atoms. The molecular weight excluding hydrogens is 386 g/mol. The molecule has 1 saturated heterocycles. The molecule has 2 aromatic carbocycles. The summed E-state index contributed by atoms with van der Waals surface area (Å²) in [5, 5.41) is 3.80. The van der Waals surface area contributed by atoms with E-state index in [0.29, 0.717) is 13.2 Å². The van der Waals surface area contributed by atoms with E-state index in [0.717, 1.165) is 66.7 Å². The van der Waals surface area contributed by atoms with Crippen LogP contribution in [0.5, 0.6) is 5.75 Å². The summed E-state index contributed by atoms with van der Waals surface area (Å²) in [6.45, 7) is 10.00. The molecule has 1 N–H and O–H groups in total. The zero-order chi connectivity index (χ0) is 20.6. The summed E-state index contributed by atoms with van der Waals surface area (Å²) >= 11 is 5.88. The minimum Gasteiger partial charge on any atom is -0.494 e. The van der Waals surface area contributed by atoms with Gasteiger partial charge in [0, 0.05) is 43.4 Å². The summed E-state index contributed by atoms with van der Waals surface area (Å²) < 4.78 is 5.75. The molecule has 1 aliphatic heterocycles. The van der Waals surface area contributed by atoms with Crippen LogP contribution in [0.4, 0.5) is 5.69 Å². The molecule has 1 fully saturated rings. The fourth-order valence-corrected chi connectivity index (χ4v) is 3.70. The summed E-state index contributed by atoms with van der Waals surface area (Å²) in [7, 11) is 0. The van der Waals surface area contributed by atoms with Gasteiger partial charge >= 0.3 is 0 Å². The zero-order valence-corrected chi connectivity index (χ0v) is 18.0. The van der Waals surface area contributed by atoms with Crippen LogP contribution in [-0.2, 0) is 4.79 Å². The van der Waals surface area contributed by atoms with Crippen LogP contribution in [-0.4, -0.2) is 61.6 Å². The Bertz CT molecular complexity index is 782. The van der Waals surface area contributed by atoms with Crippen molar-refractivity contribution >= 4 is 23.2 Å². The van der Waals surface area contributed by atoms with E-state index < -0.39 is 0 Å². The van der Waals surface area contributed by atoms with Crippen molar-refractivity contribution in [2.45, 2.75) is 20.3 Å². The number of hydrogen-bond acceptors (Lipinski definition) is 4. The molecule has 0 radical (unpaired) electrons. The summed E-state index contributed by atoms with van der Waals surface area (Å²) in [5.41, 5.74) is 3.14. The number of anilines is 1. The van der Waals surface area contributed by atoms with Crippen LogP contribution in [0.1, 0.15) is 17.5 Å². The summed E-state index contributed by atoms with van der Waals surface area (Å²) in [6, 6.07) is 13.5. The lowest BCUT2D eigenvalue weighted by Crippen LogP contribution is -2.48. The van der Waals surface area contributed by atoms with E-state index in [4.69, 9.17) is 16.3 Å². The second kappa shape index (κ2) is 10.6. The minimum absolute atomic E-state index is 0.0622. The van der Waals surface area contributed by atoms with Crippen molar-refractivity contribution < 1.29 is 9.53 Å². The number of carbonyl (C=O) groups is 1. The monoisotopic (exact) mass is 415 g/mol. The molecule has 0 unspecified atom stereocenters. The fraction of sp³-hybridized carbons (Fsp3) is 0.435. The molecule has 0 spiro atoms. The van der Waals surface area contributed by atoms with E-state index in [1.54, 1.807) is 0 Å². The van der Waals surface area contributed by atoms with Crippen LogP contribution in [0.15, 0.2) is 42.5 Å². The first-order valence-corrected chi connectivity index (χ1v) is 10.6. The fourth-order valence-electron chi connectivity index (χ4n) is 3.57. The topological polar surface area (TPSA) is 44.8 Å². The summed E-state index contributed by atoms with van der Waals surface area (Å²) in [4.78, 5) is 17.1. The van der Waals surface area contributed by atoms with Crippen molar-refractivity contribution in [3.63, 3.8) is 0 Å². The van der Waals surface area contributed by atoms with Crippen LogP contribution in [0.3, 0.4) is 0 Å². The van der Waals surface area contributed by atoms with Gasteiger partial charge in [0.15, 0.2) is 0 Å². The molecule has 0 saturated carbocycles. The number of nitrogens with one attached hydrogen (secondary N) is 1. The highest BCUT2D eigenvalue weighted by atomic mass is 35.5. The molecule has 29 heavy (non-hydrogen) atoms. The first kappa shape index (κ1) is 21.6. The Labute approximate surface area is 178 Å². The highest BCUT2D eigenvalue weighted by Crippen LogP contribution is 2.19. The van der Waals surface area contributed by atoms with Crippen LogP contribution in [0.25, 0.3) is 0 Å². The molecule has 0 aromatic heterocycles. The van der Waals surface area contributed by atoms with Gasteiger partial charge in [0.1, 0.15) is 5.75 Å². The van der Waals surface area contributed by atoms with Crippen molar-refractivity contribution in [3.05, 3.63) is 58.6 Å². The quantitative estimate of drug-likeness (QED) is 0.662. The number of piperazine rings is 1. The number of para-hydroxylation sites is 1. The van der Waals surface area contributed by atoms with Crippen molar-refractivity contribution in [3.8, 4) is 5.75 Å². The lowest BCUT2D eigenvalue weighted by atomic mass is 10.1. The first-order valence-electron chi connectivity index (χ1n) is 10.2. The van der Waals surface area contributed by atoms with Gasteiger partial charge in [-0.25, -0.2) is 0 Å². The molecule has 0 aliphatic carbocycles. The number of ether oxygens (including phenoxy) is 1. The molecule has 6 heteroatoms. The van der Waals surface area contributed by atoms with Gasteiger partial charge in [-0.3, -0.25) is 9.69 Å². The number of benzene rings is 2. The largest absolute Gasteiger partial charge is 0.494 e. The average Bonchev–Trinajstić information content (AvgIpc) is 2.71. The van der Waals surface area contributed by atoms with Crippen LogP contribution in [0.2, 0.25) is 5.02 Å². The van der Waals surface area contributed by atoms with Gasteiger partial charge in [0.2, 0.25) is 5.91 Å². The Kier molecular flexibility index (Phi) is 7.92. The van der Waals surface area contributed by atoms with Gasteiger partial charge in [-0.1, -0.05) is 29.8 Å². The lowest BCUT2D eigenvalue weighted by Gasteiger charge is -2.34. The Morgan fingerprint density at radius 1 is 1.00 bits per heavy atom. The second-order valence-electron chi connectivity index (χ2n) is 7.59. The van der Waals surface area contributed by atoms with Gasteiger partial charge in [0.05, 0.1) is 13.2 Å². The van der Waals surface area contributed by atoms with Crippen LogP contribution >= 0.6 is 11.6 Å². The minimum atomic E-state index is 0.0622. The highest BCUT2D eigenvalue weighted by molar-refractivity contribution is 6.30. The lowest BCUT2D eigenvalue weighted by molar-refractivity contribution is -0.117. The second-order valence-corrected chi connectivity index (χ2v) is 8.03. The Balaban J connectivity index is 1.32. The maximum absolute atomic E-state index is 12.4. The summed E-state index contributed by atoms with van der Waals surface area (Å²) in [6.07, 6.45) is 0.982. The van der Waals surface area contributed by atoms with E-state index in [2.05, 4.69) is 15.1 Å². The number of halogens is 1. The third kappa shape index (κ3) is 6.74. The SMILES string of the molecule is Cc1cccc(C)c1NC(=O)CN1CCN(CCCOc2ccc(Cl)cc2)CC1. The number of nitrogens with zero attached hydrogens (tertiary/aromatic N) is 2. The maximum Gasteiger partial charge on any atom is 0.238 e. The molecule has 2 aromatic rings. The third-order valence-electron chi connectivity index (χ3n) is 5.28. The normalized spacial score (nSPS) is 15.3. The molecular formula is C23H30ClN3O2. The van der Waals surface area contributed by atoms with Crippen LogP contribution in [0, 0.1) is 13.8 Å². The molecule has 1 aliphatic rings. The molecule has 1 amide bonds. The predicted octanol–water partition coefficient (Wildman–Crippen LogP) is 3.98. The maximum atomic E-state index is 12.4. The zero-order valence-electron chi connectivity index (χ0n) is 17.3. The summed E-state index contributed by atoms with van der Waals surface area (Å²) in [5.74, 6) is 0.918. The van der Waals surface area contributed by atoms with Gasteiger partial charge in [-0.05, 0) is 55.7 Å². The Morgan fingerprint density at radius 3 is 2.28 bits per heavy atom. The number of rotatable bonds is 8. The van der Waals surface area contributed by atoms with Crippen LogP contribution < -0.4 is 10.1 Å². The van der Waals surface area contributed by atoms with Gasteiger partial charge in [-0.15, -0.1) is 0 Å². The standard InChI is InChI=1S/C23H30ClN3O2/c1-18-5-3-6-19(2)23(18)25-22(28)17-27-14-12-26(13-15-27)11-4-16-29-21-9-7-20(24)8-10-21/h3,5-10H,4,11-17H2,1-2H3,(H,25,28). The van der Waals surface area contributed by atoms with E-state index in [9.17, 15) is 4.79 Å². The molecule has 156 valence electrons. The van der Waals surface area contributed by atoms with E-state index in [-0.39, 0.29) is 5.91 Å². The van der Waals surface area contributed by atoms with Crippen molar-refractivity contribution in [1.29, 1.82) is 0 Å². The van der Waals surface area contributed by atoms with Gasteiger partial charge in [0.25, 0.3) is 0 Å². The molecule has 3 rings (SSSR count). The number of aryl methyl sites for hydroxylation is 2. The predicted molar refractivity (Wildman–Crippen MR) is 119 cm³/mol. The average molecular weight is 416 g/mol. The Morgan fingerprint density at radius 2 is 1.62 bits per heavy atom. The highest BCUT2D eigenvalue weighted by Gasteiger charge is 2.19. The molecule has 5 nitrogen and oxygen atoms in total. The van der Waals surface area contributed by atoms with E-state index in [1.165, 1.54) is 0 Å².